The molecule has 0 aliphatic rings. The molecule has 0 unspecified atom stereocenters. The smallest absolute Gasteiger partial charge is 0.239 e. The minimum absolute atomic E-state index is 0.271. The third-order valence-electron chi connectivity index (χ3n) is 4.17. The van der Waals surface area contributed by atoms with Crippen LogP contribution in [0.25, 0.3) is 0 Å². The van der Waals surface area contributed by atoms with E-state index >= 15 is 0 Å². The Balaban J connectivity index is 1.99. The molecule has 2 aromatic carbocycles. The third kappa shape index (κ3) is 4.76. The van der Waals surface area contributed by atoms with Crippen LogP contribution in [0.5, 0.6) is 0 Å². The van der Waals surface area contributed by atoms with Crippen molar-refractivity contribution in [1.82, 2.24) is 5.32 Å². The van der Waals surface area contributed by atoms with E-state index in [0.717, 1.165) is 11.3 Å². The molecule has 0 atom stereocenters. The Morgan fingerprint density at radius 3 is 2.19 bits per heavy atom. The van der Waals surface area contributed by atoms with E-state index in [0.29, 0.717) is 10.7 Å². The van der Waals surface area contributed by atoms with Gasteiger partial charge in [-0.1, -0.05) is 29.8 Å². The second kappa shape index (κ2) is 8.23. The fraction of sp³-hybridized carbons (Fsp3) is 0.300. The summed E-state index contributed by atoms with van der Waals surface area (Å²) in [6, 6.07) is 14.7. The molecule has 0 bridgehead atoms. The standard InChI is InChI=1S/C20H24ClN3O2/c1-20(2,18(25)22-13-14-7-5-6-8-17(14)21)19(26)23-15-9-11-16(12-10-15)24(3)4/h5-12H,13H2,1-4H3,(H,22,25)(H,23,26). The molecule has 0 fully saturated rings. The third-order valence-corrected chi connectivity index (χ3v) is 4.54. The first-order valence-corrected chi connectivity index (χ1v) is 8.70. The summed E-state index contributed by atoms with van der Waals surface area (Å²) in [7, 11) is 3.89. The number of benzene rings is 2. The Labute approximate surface area is 159 Å². The molecular weight excluding hydrogens is 350 g/mol. The lowest BCUT2D eigenvalue weighted by molar-refractivity contribution is -0.138. The maximum atomic E-state index is 12.6. The van der Waals surface area contributed by atoms with Crippen molar-refractivity contribution in [2.75, 3.05) is 24.3 Å². The quantitative estimate of drug-likeness (QED) is 0.759. The Kier molecular flexibility index (Phi) is 6.27. The fourth-order valence-corrected chi connectivity index (χ4v) is 2.47. The summed E-state index contributed by atoms with van der Waals surface area (Å²) in [5, 5.41) is 6.15. The minimum atomic E-state index is -1.22. The predicted octanol–water partition coefficient (Wildman–Crippen LogP) is 3.69. The molecule has 138 valence electrons. The van der Waals surface area contributed by atoms with E-state index in [1.807, 2.05) is 61.5 Å². The van der Waals surface area contributed by atoms with Crippen LogP contribution in [0.4, 0.5) is 11.4 Å². The molecular formula is C20H24ClN3O2. The lowest BCUT2D eigenvalue weighted by atomic mass is 9.90. The first kappa shape index (κ1) is 19.8. The Morgan fingerprint density at radius 2 is 1.62 bits per heavy atom. The zero-order chi connectivity index (χ0) is 19.3. The normalized spacial score (nSPS) is 11.0. The van der Waals surface area contributed by atoms with E-state index in [1.54, 1.807) is 19.9 Å². The van der Waals surface area contributed by atoms with Crippen LogP contribution in [-0.4, -0.2) is 25.9 Å². The number of carbonyl (C=O) groups is 2. The molecule has 0 heterocycles. The number of nitrogens with zero attached hydrogens (tertiary/aromatic N) is 1. The van der Waals surface area contributed by atoms with Gasteiger partial charge in [-0.2, -0.15) is 0 Å². The number of hydrogen-bond donors (Lipinski definition) is 2. The number of hydrogen-bond acceptors (Lipinski definition) is 3. The highest BCUT2D eigenvalue weighted by Crippen LogP contribution is 2.22. The molecule has 0 saturated carbocycles. The summed E-state index contributed by atoms with van der Waals surface area (Å²) in [6.45, 7) is 3.46. The molecule has 26 heavy (non-hydrogen) atoms. The van der Waals surface area contributed by atoms with Gasteiger partial charge in [0.05, 0.1) is 0 Å². The van der Waals surface area contributed by atoms with Gasteiger partial charge in [0.15, 0.2) is 0 Å². The molecule has 0 aliphatic heterocycles. The molecule has 0 spiro atoms. The molecule has 0 radical (unpaired) electrons. The van der Waals surface area contributed by atoms with Crippen LogP contribution in [0.1, 0.15) is 19.4 Å². The largest absolute Gasteiger partial charge is 0.378 e. The van der Waals surface area contributed by atoms with Crippen LogP contribution in [0, 0.1) is 5.41 Å². The molecule has 0 aliphatic carbocycles. The van der Waals surface area contributed by atoms with Crippen LogP contribution >= 0.6 is 11.6 Å². The van der Waals surface area contributed by atoms with Crippen molar-refractivity contribution >= 4 is 34.8 Å². The Hall–Kier alpha value is -2.53. The van der Waals surface area contributed by atoms with Crippen molar-refractivity contribution in [2.24, 2.45) is 5.41 Å². The van der Waals surface area contributed by atoms with Crippen LogP contribution in [0.15, 0.2) is 48.5 Å². The number of nitrogens with one attached hydrogen (secondary N) is 2. The van der Waals surface area contributed by atoms with Crippen LogP contribution in [-0.2, 0) is 16.1 Å². The zero-order valence-corrected chi connectivity index (χ0v) is 16.2. The van der Waals surface area contributed by atoms with Gasteiger partial charge in [-0.3, -0.25) is 9.59 Å². The second-order valence-corrected chi connectivity index (χ2v) is 7.20. The van der Waals surface area contributed by atoms with E-state index in [9.17, 15) is 9.59 Å². The van der Waals surface area contributed by atoms with Crippen molar-refractivity contribution < 1.29 is 9.59 Å². The van der Waals surface area contributed by atoms with Crippen LogP contribution in [0.2, 0.25) is 5.02 Å². The average molecular weight is 374 g/mol. The van der Waals surface area contributed by atoms with Crippen LogP contribution in [0.3, 0.4) is 0 Å². The molecule has 2 aromatic rings. The lowest BCUT2D eigenvalue weighted by Crippen LogP contribution is -2.44. The number of halogens is 1. The topological polar surface area (TPSA) is 61.4 Å². The van der Waals surface area contributed by atoms with E-state index in [1.165, 1.54) is 0 Å². The van der Waals surface area contributed by atoms with Gasteiger partial charge in [-0.15, -0.1) is 0 Å². The van der Waals surface area contributed by atoms with Crippen molar-refractivity contribution in [2.45, 2.75) is 20.4 Å². The molecule has 6 heteroatoms. The number of anilines is 2. The predicted molar refractivity (Wildman–Crippen MR) is 106 cm³/mol. The van der Waals surface area contributed by atoms with Gasteiger partial charge in [0.2, 0.25) is 11.8 Å². The molecule has 5 nitrogen and oxygen atoms in total. The van der Waals surface area contributed by atoms with Gasteiger partial charge in [0, 0.05) is 37.0 Å². The zero-order valence-electron chi connectivity index (χ0n) is 15.5. The summed E-state index contributed by atoms with van der Waals surface area (Å²) >= 11 is 6.09. The van der Waals surface area contributed by atoms with E-state index in [-0.39, 0.29) is 18.4 Å². The minimum Gasteiger partial charge on any atom is -0.378 e. The summed E-state index contributed by atoms with van der Waals surface area (Å²) in [4.78, 5) is 27.0. The summed E-state index contributed by atoms with van der Waals surface area (Å²) in [5.74, 6) is -0.730. The van der Waals surface area contributed by atoms with Gasteiger partial charge >= 0.3 is 0 Å². The monoisotopic (exact) mass is 373 g/mol. The summed E-state index contributed by atoms with van der Waals surface area (Å²) < 4.78 is 0. The van der Waals surface area contributed by atoms with Gasteiger partial charge < -0.3 is 15.5 Å². The number of amides is 2. The maximum absolute atomic E-state index is 12.6. The summed E-state index contributed by atoms with van der Waals surface area (Å²) in [6.07, 6.45) is 0. The Bertz CT molecular complexity index is 786. The van der Waals surface area contributed by atoms with Crippen molar-refractivity contribution in [1.29, 1.82) is 0 Å². The molecule has 0 saturated heterocycles. The van der Waals surface area contributed by atoms with Crippen molar-refractivity contribution in [3.63, 3.8) is 0 Å². The van der Waals surface area contributed by atoms with Crippen LogP contribution < -0.4 is 15.5 Å². The Morgan fingerprint density at radius 1 is 1.00 bits per heavy atom. The fourth-order valence-electron chi connectivity index (χ4n) is 2.27. The van der Waals surface area contributed by atoms with Crippen molar-refractivity contribution in [3.8, 4) is 0 Å². The van der Waals surface area contributed by atoms with E-state index in [4.69, 9.17) is 11.6 Å². The molecule has 2 rings (SSSR count). The van der Waals surface area contributed by atoms with E-state index < -0.39 is 5.41 Å². The van der Waals surface area contributed by atoms with Crippen molar-refractivity contribution in [3.05, 3.63) is 59.1 Å². The van der Waals surface area contributed by atoms with Gasteiger partial charge in [0.1, 0.15) is 5.41 Å². The first-order valence-electron chi connectivity index (χ1n) is 8.32. The SMILES string of the molecule is CN(C)c1ccc(NC(=O)C(C)(C)C(=O)NCc2ccccc2Cl)cc1. The molecule has 0 aromatic heterocycles. The number of carbonyl (C=O) groups excluding carboxylic acids is 2. The highest BCUT2D eigenvalue weighted by molar-refractivity contribution is 6.31. The summed E-state index contributed by atoms with van der Waals surface area (Å²) in [5.41, 5.74) is 1.26. The highest BCUT2D eigenvalue weighted by atomic mass is 35.5. The average Bonchev–Trinajstić information content (AvgIpc) is 2.61. The van der Waals surface area contributed by atoms with E-state index in [2.05, 4.69) is 10.6 Å². The highest BCUT2D eigenvalue weighted by Gasteiger charge is 2.36. The molecule has 2 amide bonds. The molecule has 2 N–H and O–H groups in total. The maximum Gasteiger partial charge on any atom is 0.239 e. The lowest BCUT2D eigenvalue weighted by Gasteiger charge is -2.23. The van der Waals surface area contributed by atoms with Gasteiger partial charge in [0.25, 0.3) is 0 Å². The second-order valence-electron chi connectivity index (χ2n) is 6.79. The first-order chi connectivity index (χ1) is 12.2. The number of rotatable bonds is 6. The van der Waals surface area contributed by atoms with Gasteiger partial charge in [-0.25, -0.2) is 0 Å². The van der Waals surface area contributed by atoms with Gasteiger partial charge in [-0.05, 0) is 49.7 Å².